The number of aliphatic hydroxyl groups is 1. The van der Waals surface area contributed by atoms with Gasteiger partial charge in [0.1, 0.15) is 5.75 Å². The number of carbonyl (C=O) groups is 5. The summed E-state index contributed by atoms with van der Waals surface area (Å²) in [6, 6.07) is 6.71. The zero-order valence-corrected chi connectivity index (χ0v) is 23.3. The van der Waals surface area contributed by atoms with Gasteiger partial charge >= 0.3 is 0 Å². The summed E-state index contributed by atoms with van der Waals surface area (Å²) in [7, 11) is 5.11. The Bertz CT molecular complexity index is 1480. The Kier molecular flexibility index (Phi) is 6.72. The first-order chi connectivity index (χ1) is 18.7. The maximum absolute atomic E-state index is 13.9. The molecule has 10 heteroatoms. The number of carbonyl (C=O) groups excluding carboxylic acids is 5. The van der Waals surface area contributed by atoms with Gasteiger partial charge in [-0.25, -0.2) is 0 Å². The van der Waals surface area contributed by atoms with Gasteiger partial charge in [0.25, 0.3) is 0 Å². The Hall–Kier alpha value is -3.47. The molecule has 40 heavy (non-hydrogen) atoms. The van der Waals surface area contributed by atoms with Crippen LogP contribution in [0.5, 0.6) is 5.75 Å². The number of ketones is 4. The monoisotopic (exact) mass is 549 g/mol. The normalized spacial score (nSPS) is 30.2. The lowest BCUT2D eigenvalue weighted by Crippen LogP contribution is -2.74. The second-order valence-electron chi connectivity index (χ2n) is 12.1. The maximum atomic E-state index is 13.9. The fourth-order valence-electron chi connectivity index (χ4n) is 6.99. The molecule has 3 aliphatic rings. The lowest BCUT2D eigenvalue weighted by atomic mass is 9.52. The summed E-state index contributed by atoms with van der Waals surface area (Å²) >= 11 is 0. The number of rotatable bonds is 5. The third-order valence-corrected chi connectivity index (χ3v) is 9.24. The Balaban J connectivity index is 1.60. The van der Waals surface area contributed by atoms with Crippen LogP contribution in [0.2, 0.25) is 0 Å². The van der Waals surface area contributed by atoms with Crippen LogP contribution in [0.3, 0.4) is 0 Å². The van der Waals surface area contributed by atoms with E-state index in [2.05, 4.69) is 18.7 Å². The summed E-state index contributed by atoms with van der Waals surface area (Å²) in [4.78, 5) is 70.1. The van der Waals surface area contributed by atoms with Crippen molar-refractivity contribution in [3.8, 4) is 5.75 Å². The molecule has 1 amide bonds. The second kappa shape index (κ2) is 9.57. The van der Waals surface area contributed by atoms with Gasteiger partial charge in [-0.3, -0.25) is 33.8 Å². The number of likely N-dealkylation sites (N-methyl/N-ethyl adjacent to an activating group) is 1. The van der Waals surface area contributed by atoms with Crippen LogP contribution >= 0.6 is 0 Å². The quantitative estimate of drug-likeness (QED) is 0.460. The number of fused-ring (bicyclic) bond motifs is 4. The highest BCUT2D eigenvalue weighted by atomic mass is 16.3. The van der Waals surface area contributed by atoms with E-state index >= 15 is 0 Å². The van der Waals surface area contributed by atoms with Gasteiger partial charge in [-0.15, -0.1) is 0 Å². The summed E-state index contributed by atoms with van der Waals surface area (Å²) in [5.74, 6) is -10.3. The van der Waals surface area contributed by atoms with Crippen LogP contribution < -0.4 is 5.73 Å². The molecule has 2 aromatic rings. The molecule has 0 aromatic heterocycles. The third kappa shape index (κ3) is 3.92. The average molecular weight is 550 g/mol. The first-order valence-corrected chi connectivity index (χ1v) is 13.5. The third-order valence-electron chi connectivity index (χ3n) is 9.24. The predicted octanol–water partition coefficient (Wildman–Crippen LogP) is 0.860. The van der Waals surface area contributed by atoms with Crippen LogP contribution in [0.4, 0.5) is 0 Å². The molecule has 0 radical (unpaired) electrons. The zero-order valence-electron chi connectivity index (χ0n) is 23.3. The van der Waals surface area contributed by atoms with Crippen molar-refractivity contribution in [1.82, 2.24) is 9.80 Å². The van der Waals surface area contributed by atoms with Crippen molar-refractivity contribution in [2.75, 3.05) is 21.1 Å². The van der Waals surface area contributed by atoms with Crippen molar-refractivity contribution in [3.05, 3.63) is 41.0 Å². The van der Waals surface area contributed by atoms with Gasteiger partial charge in [0, 0.05) is 23.9 Å². The van der Waals surface area contributed by atoms with Crippen LogP contribution in [0, 0.1) is 23.7 Å². The molecular weight excluding hydrogens is 514 g/mol. The van der Waals surface area contributed by atoms with Crippen molar-refractivity contribution < 1.29 is 34.2 Å². The first kappa shape index (κ1) is 28.1. The number of benzene rings is 2. The van der Waals surface area contributed by atoms with Gasteiger partial charge in [-0.1, -0.05) is 18.2 Å². The molecule has 0 bridgehead atoms. The molecule has 0 saturated heterocycles. The van der Waals surface area contributed by atoms with E-state index in [0.717, 1.165) is 10.9 Å². The van der Waals surface area contributed by atoms with Gasteiger partial charge in [0.15, 0.2) is 34.7 Å². The van der Waals surface area contributed by atoms with Crippen molar-refractivity contribution in [1.29, 1.82) is 0 Å². The molecule has 0 spiro atoms. The summed E-state index contributed by atoms with van der Waals surface area (Å²) in [5, 5.41) is 24.2. The number of hydrogen-bond donors (Lipinski definition) is 3. The van der Waals surface area contributed by atoms with E-state index in [0.29, 0.717) is 23.5 Å². The Morgan fingerprint density at radius 3 is 2.38 bits per heavy atom. The van der Waals surface area contributed by atoms with Crippen LogP contribution in [0.1, 0.15) is 41.8 Å². The Labute approximate surface area is 232 Å². The molecule has 2 aromatic carbocycles. The van der Waals surface area contributed by atoms with E-state index < -0.39 is 64.4 Å². The molecular formula is C30H35N3O7. The van der Waals surface area contributed by atoms with Crippen molar-refractivity contribution in [3.63, 3.8) is 0 Å². The number of primary amides is 1. The van der Waals surface area contributed by atoms with Crippen LogP contribution in [0.15, 0.2) is 24.3 Å². The number of aromatic hydroxyl groups is 1. The molecule has 2 fully saturated rings. The van der Waals surface area contributed by atoms with Crippen molar-refractivity contribution in [2.24, 2.45) is 29.4 Å². The minimum atomic E-state index is -2.72. The fourth-order valence-corrected chi connectivity index (χ4v) is 6.99. The molecule has 212 valence electrons. The number of nitrogens with zero attached hydrogens (tertiary/aromatic N) is 2. The zero-order chi connectivity index (χ0) is 29.4. The molecule has 3 aliphatic carbocycles. The molecule has 2 saturated carbocycles. The highest BCUT2D eigenvalue weighted by molar-refractivity contribution is 6.32. The highest BCUT2D eigenvalue weighted by Crippen LogP contribution is 2.51. The standard InChI is InChI=1S/C30H35N3O7/c1-13(2)33(5)12-14-6-7-15-9-16-10-17-11-19-23(32(3)4)26(36)22(29(31)39)28(38)30(19,40)27(37)21(17)25(35)20(16)24(34)18(15)8-14/h6-9,13,17,19,21-23,34,40H,10-12H2,1-5H3,(H2,31,39)/t17-,19-,21?,22?,23-,30-/m0/s1. The molecule has 0 heterocycles. The number of nitrogens with two attached hydrogens (primary N) is 1. The first-order valence-electron chi connectivity index (χ1n) is 13.5. The smallest absolute Gasteiger partial charge is 0.235 e. The maximum Gasteiger partial charge on any atom is 0.235 e. The number of phenols is 1. The lowest BCUT2D eigenvalue weighted by molar-refractivity contribution is -0.181. The number of hydrogen-bond acceptors (Lipinski definition) is 9. The SMILES string of the molecule is CC(C)N(C)Cc1ccc2cc3c(c(O)c2c1)C(=O)C1C(=O)[C@]2(O)C(=O)C(C(N)=O)C(=O)[C@@H](N(C)C)[C@@H]2C[C@@H]1C3. The molecule has 10 nitrogen and oxygen atoms in total. The van der Waals surface area contributed by atoms with Crippen LogP contribution in [-0.4, -0.2) is 87.9 Å². The minimum absolute atomic E-state index is 0.00783. The second-order valence-corrected chi connectivity index (χ2v) is 12.1. The lowest BCUT2D eigenvalue weighted by Gasteiger charge is -2.52. The van der Waals surface area contributed by atoms with Gasteiger partial charge in [0.05, 0.1) is 17.5 Å². The Morgan fingerprint density at radius 1 is 1.10 bits per heavy atom. The van der Waals surface area contributed by atoms with Crippen molar-refractivity contribution in [2.45, 2.75) is 50.9 Å². The van der Waals surface area contributed by atoms with Gasteiger partial charge in [0.2, 0.25) is 5.91 Å². The summed E-state index contributed by atoms with van der Waals surface area (Å²) in [6.45, 7) is 4.77. The molecule has 5 rings (SSSR count). The minimum Gasteiger partial charge on any atom is -0.507 e. The summed E-state index contributed by atoms with van der Waals surface area (Å²) in [6.07, 6.45) is 0.274. The average Bonchev–Trinajstić information content (AvgIpc) is 2.86. The van der Waals surface area contributed by atoms with E-state index in [1.807, 2.05) is 31.3 Å². The van der Waals surface area contributed by atoms with E-state index in [-0.39, 0.29) is 24.2 Å². The van der Waals surface area contributed by atoms with E-state index in [1.165, 1.54) is 4.90 Å². The number of phenolic OH excluding ortho intramolecular Hbond substituents is 1. The van der Waals surface area contributed by atoms with Gasteiger partial charge in [-0.2, -0.15) is 0 Å². The molecule has 2 unspecified atom stereocenters. The largest absolute Gasteiger partial charge is 0.507 e. The van der Waals surface area contributed by atoms with Gasteiger partial charge < -0.3 is 15.9 Å². The van der Waals surface area contributed by atoms with E-state index in [1.54, 1.807) is 14.1 Å². The van der Waals surface area contributed by atoms with Crippen molar-refractivity contribution >= 4 is 39.8 Å². The van der Waals surface area contributed by atoms with Gasteiger partial charge in [-0.05, 0) is 76.3 Å². The molecule has 4 N–H and O–H groups in total. The fraction of sp³-hybridized carbons (Fsp3) is 0.500. The molecule has 6 atom stereocenters. The summed E-state index contributed by atoms with van der Waals surface area (Å²) < 4.78 is 0. The highest BCUT2D eigenvalue weighted by Gasteiger charge is 2.69. The predicted molar refractivity (Wildman–Crippen MR) is 145 cm³/mol. The molecule has 0 aliphatic heterocycles. The van der Waals surface area contributed by atoms with E-state index in [4.69, 9.17) is 5.73 Å². The number of amides is 1. The topological polar surface area (TPSA) is 158 Å². The Morgan fingerprint density at radius 2 is 1.77 bits per heavy atom. The summed E-state index contributed by atoms with van der Waals surface area (Å²) in [5.41, 5.74) is 4.17. The van der Waals surface area contributed by atoms with Crippen LogP contribution in [0.25, 0.3) is 10.8 Å². The van der Waals surface area contributed by atoms with Crippen LogP contribution in [-0.2, 0) is 32.1 Å². The van der Waals surface area contributed by atoms with E-state index in [9.17, 15) is 34.2 Å². The number of Topliss-reactive ketones (excluding diaryl/α,β-unsaturated/α-hetero) is 4.